The zero-order valence-electron chi connectivity index (χ0n) is 16.0. The molecule has 3 unspecified atom stereocenters. The lowest BCUT2D eigenvalue weighted by molar-refractivity contribution is -0.132. The van der Waals surface area contributed by atoms with Crippen molar-refractivity contribution in [3.05, 3.63) is 35.9 Å². The number of aliphatic hydroxyl groups is 1. The van der Waals surface area contributed by atoms with Crippen molar-refractivity contribution in [2.75, 3.05) is 26.8 Å². The molecule has 1 aromatic rings. The number of amides is 1. The molecule has 2 aliphatic rings. The quantitative estimate of drug-likeness (QED) is 0.818. The Labute approximate surface area is 156 Å². The maximum Gasteiger partial charge on any atom is 0.246 e. The molecule has 0 radical (unpaired) electrons. The second kappa shape index (κ2) is 8.51. The van der Waals surface area contributed by atoms with Gasteiger partial charge in [0.05, 0.1) is 17.7 Å². The minimum Gasteiger partial charge on any atom is -0.388 e. The molecule has 1 aliphatic heterocycles. The highest BCUT2D eigenvalue weighted by atomic mass is 16.5. The van der Waals surface area contributed by atoms with Gasteiger partial charge >= 0.3 is 0 Å². The van der Waals surface area contributed by atoms with Crippen molar-refractivity contribution in [2.24, 2.45) is 5.92 Å². The third kappa shape index (κ3) is 4.45. The Balaban J connectivity index is 1.88. The molecule has 2 fully saturated rings. The number of nitrogens with zero attached hydrogens (tertiary/aromatic N) is 1. The normalized spacial score (nSPS) is 30.4. The SMILES string of the molecule is COCC(=O)NC1C(c2ccccc2)N(CC2CCCC2)CCC1(C)O. The molecule has 26 heavy (non-hydrogen) atoms. The highest BCUT2D eigenvalue weighted by Gasteiger charge is 2.46. The third-order valence-electron chi connectivity index (χ3n) is 5.98. The Kier molecular flexibility index (Phi) is 6.33. The molecule has 1 aliphatic carbocycles. The predicted octanol–water partition coefficient (Wildman–Crippen LogP) is 2.51. The van der Waals surface area contributed by atoms with Gasteiger partial charge in [-0.05, 0) is 37.7 Å². The summed E-state index contributed by atoms with van der Waals surface area (Å²) in [6.07, 6.45) is 5.87. The summed E-state index contributed by atoms with van der Waals surface area (Å²) in [5.74, 6) is 0.543. The van der Waals surface area contributed by atoms with Gasteiger partial charge in [0.15, 0.2) is 0 Å². The number of ether oxygens (including phenoxy) is 1. The molecule has 3 rings (SSSR count). The van der Waals surface area contributed by atoms with Crippen LogP contribution in [0.5, 0.6) is 0 Å². The number of rotatable bonds is 6. The van der Waals surface area contributed by atoms with Crippen LogP contribution in [0.2, 0.25) is 0 Å². The number of likely N-dealkylation sites (tertiary alicyclic amines) is 1. The Morgan fingerprint density at radius 3 is 2.65 bits per heavy atom. The minimum absolute atomic E-state index is 0.0106. The standard InChI is InChI=1S/C21H32N2O3/c1-21(25)12-13-23(14-16-8-6-7-9-16)19(17-10-4-3-5-11-17)20(21)22-18(24)15-26-2/h3-5,10-11,16,19-20,25H,6-9,12-15H2,1-2H3,(H,22,24). The molecule has 1 amide bonds. The lowest BCUT2D eigenvalue weighted by Gasteiger charge is -2.50. The van der Waals surface area contributed by atoms with E-state index in [-0.39, 0.29) is 24.6 Å². The van der Waals surface area contributed by atoms with Crippen molar-refractivity contribution < 1.29 is 14.6 Å². The van der Waals surface area contributed by atoms with Crippen LogP contribution in [0.15, 0.2) is 30.3 Å². The first-order valence-electron chi connectivity index (χ1n) is 9.81. The van der Waals surface area contributed by atoms with E-state index in [9.17, 15) is 9.90 Å². The number of nitrogens with one attached hydrogen (secondary N) is 1. The van der Waals surface area contributed by atoms with E-state index in [4.69, 9.17) is 4.74 Å². The van der Waals surface area contributed by atoms with E-state index in [1.807, 2.05) is 25.1 Å². The fourth-order valence-electron chi connectivity index (χ4n) is 4.58. The van der Waals surface area contributed by atoms with Crippen LogP contribution in [0.1, 0.15) is 50.6 Å². The van der Waals surface area contributed by atoms with Gasteiger partial charge in [-0.25, -0.2) is 0 Å². The van der Waals surface area contributed by atoms with E-state index < -0.39 is 5.60 Å². The molecule has 0 bridgehead atoms. The maximum absolute atomic E-state index is 12.3. The fraction of sp³-hybridized carbons (Fsp3) is 0.667. The van der Waals surface area contributed by atoms with Crippen molar-refractivity contribution >= 4 is 5.91 Å². The van der Waals surface area contributed by atoms with E-state index >= 15 is 0 Å². The van der Waals surface area contributed by atoms with Gasteiger partial charge in [-0.1, -0.05) is 43.2 Å². The van der Waals surface area contributed by atoms with Gasteiger partial charge in [-0.2, -0.15) is 0 Å². The predicted molar refractivity (Wildman–Crippen MR) is 102 cm³/mol. The lowest BCUT2D eigenvalue weighted by atomic mass is 9.79. The number of carbonyl (C=O) groups is 1. The minimum atomic E-state index is -0.948. The Bertz CT molecular complexity index is 584. The van der Waals surface area contributed by atoms with Crippen LogP contribution in [-0.2, 0) is 9.53 Å². The van der Waals surface area contributed by atoms with Gasteiger partial charge in [-0.15, -0.1) is 0 Å². The Hall–Kier alpha value is -1.43. The summed E-state index contributed by atoms with van der Waals surface area (Å²) in [4.78, 5) is 14.7. The second-order valence-corrected chi connectivity index (χ2v) is 8.09. The number of hydrogen-bond donors (Lipinski definition) is 2. The molecule has 1 heterocycles. The lowest BCUT2D eigenvalue weighted by Crippen LogP contribution is -2.63. The van der Waals surface area contributed by atoms with Gasteiger partial charge in [0.2, 0.25) is 5.91 Å². The summed E-state index contributed by atoms with van der Waals surface area (Å²) in [6, 6.07) is 9.88. The molecule has 1 aromatic carbocycles. The van der Waals surface area contributed by atoms with Crippen LogP contribution in [0.4, 0.5) is 0 Å². The molecule has 0 aromatic heterocycles. The molecule has 5 nitrogen and oxygen atoms in total. The first-order chi connectivity index (χ1) is 12.5. The number of methoxy groups -OCH3 is 1. The van der Waals surface area contributed by atoms with E-state index in [0.717, 1.165) is 24.6 Å². The molecule has 144 valence electrons. The van der Waals surface area contributed by atoms with Crippen LogP contribution in [0.25, 0.3) is 0 Å². The third-order valence-corrected chi connectivity index (χ3v) is 5.98. The van der Waals surface area contributed by atoms with E-state index in [1.54, 1.807) is 0 Å². The zero-order valence-corrected chi connectivity index (χ0v) is 16.0. The molecule has 2 N–H and O–H groups in total. The van der Waals surface area contributed by atoms with Crippen molar-refractivity contribution in [2.45, 2.75) is 56.7 Å². The van der Waals surface area contributed by atoms with Gasteiger partial charge in [-0.3, -0.25) is 9.69 Å². The van der Waals surface area contributed by atoms with Crippen molar-refractivity contribution in [3.63, 3.8) is 0 Å². The van der Waals surface area contributed by atoms with Gasteiger partial charge < -0.3 is 15.2 Å². The monoisotopic (exact) mass is 360 g/mol. The van der Waals surface area contributed by atoms with E-state index in [0.29, 0.717) is 6.42 Å². The molecular weight excluding hydrogens is 328 g/mol. The summed E-state index contributed by atoms with van der Waals surface area (Å²) in [7, 11) is 1.51. The van der Waals surface area contributed by atoms with Gasteiger partial charge in [0, 0.05) is 20.2 Å². The Morgan fingerprint density at radius 1 is 1.31 bits per heavy atom. The highest BCUT2D eigenvalue weighted by molar-refractivity contribution is 5.77. The van der Waals surface area contributed by atoms with E-state index in [1.165, 1.54) is 32.8 Å². The van der Waals surface area contributed by atoms with Crippen LogP contribution in [0.3, 0.4) is 0 Å². The summed E-state index contributed by atoms with van der Waals surface area (Å²) in [5.41, 5.74) is 0.198. The summed E-state index contributed by atoms with van der Waals surface area (Å²) >= 11 is 0. The highest BCUT2D eigenvalue weighted by Crippen LogP contribution is 2.39. The molecule has 1 saturated heterocycles. The molecule has 1 saturated carbocycles. The zero-order chi connectivity index (χ0) is 18.6. The van der Waals surface area contributed by atoms with Crippen molar-refractivity contribution in [1.29, 1.82) is 0 Å². The topological polar surface area (TPSA) is 61.8 Å². The smallest absolute Gasteiger partial charge is 0.246 e. The number of piperidine rings is 1. The van der Waals surface area contributed by atoms with Crippen LogP contribution in [-0.4, -0.2) is 54.4 Å². The first kappa shape index (κ1) is 19.3. The molecule has 0 spiro atoms. The fourth-order valence-corrected chi connectivity index (χ4v) is 4.58. The van der Waals surface area contributed by atoms with Crippen LogP contribution in [0, 0.1) is 5.92 Å². The molecule has 3 atom stereocenters. The average Bonchev–Trinajstić information content (AvgIpc) is 3.12. The van der Waals surface area contributed by atoms with Crippen LogP contribution >= 0.6 is 0 Å². The average molecular weight is 360 g/mol. The summed E-state index contributed by atoms with van der Waals surface area (Å²) in [5, 5.41) is 14.1. The second-order valence-electron chi connectivity index (χ2n) is 8.09. The summed E-state index contributed by atoms with van der Waals surface area (Å²) < 4.78 is 4.98. The summed E-state index contributed by atoms with van der Waals surface area (Å²) in [6.45, 7) is 3.73. The maximum atomic E-state index is 12.3. The largest absolute Gasteiger partial charge is 0.388 e. The number of hydrogen-bond acceptors (Lipinski definition) is 4. The first-order valence-corrected chi connectivity index (χ1v) is 9.81. The molecular formula is C21H32N2O3. The van der Waals surface area contributed by atoms with Gasteiger partial charge in [0.1, 0.15) is 6.61 Å². The number of carbonyl (C=O) groups excluding carboxylic acids is 1. The van der Waals surface area contributed by atoms with Crippen molar-refractivity contribution in [1.82, 2.24) is 10.2 Å². The Morgan fingerprint density at radius 2 is 2.00 bits per heavy atom. The number of benzene rings is 1. The van der Waals surface area contributed by atoms with E-state index in [2.05, 4.69) is 22.3 Å². The van der Waals surface area contributed by atoms with Crippen LogP contribution < -0.4 is 5.32 Å². The molecule has 5 heteroatoms. The van der Waals surface area contributed by atoms with Gasteiger partial charge in [0.25, 0.3) is 0 Å². The van der Waals surface area contributed by atoms with Crippen molar-refractivity contribution in [3.8, 4) is 0 Å².